The molecule has 0 amide bonds. The second-order valence-electron chi connectivity index (χ2n) is 4.45. The predicted molar refractivity (Wildman–Crippen MR) is 79.3 cm³/mol. The fraction of sp³-hybridized carbons (Fsp3) is 0.500. The molecule has 1 aromatic rings. The lowest BCUT2D eigenvalue weighted by Gasteiger charge is -2.12. The van der Waals surface area contributed by atoms with Crippen molar-refractivity contribution >= 4 is 11.6 Å². The number of Topliss-reactive ketones (excluding diaryl/α,β-unsaturated/α-hetero) is 2. The first-order chi connectivity index (χ1) is 10.1. The number of ketones is 2. The van der Waals surface area contributed by atoms with Crippen LogP contribution in [0.4, 0.5) is 0 Å². The lowest BCUT2D eigenvalue weighted by Crippen LogP contribution is -2.13. The van der Waals surface area contributed by atoms with Crippen molar-refractivity contribution < 1.29 is 23.8 Å². The molecule has 0 spiro atoms. The van der Waals surface area contributed by atoms with Crippen molar-refractivity contribution in [2.75, 3.05) is 33.0 Å². The molecule has 0 radical (unpaired) electrons. The lowest BCUT2D eigenvalue weighted by atomic mass is 10.0. The molecule has 0 bridgehead atoms. The molecule has 5 heteroatoms. The van der Waals surface area contributed by atoms with E-state index in [4.69, 9.17) is 14.2 Å². The highest BCUT2D eigenvalue weighted by Crippen LogP contribution is 2.23. The largest absolute Gasteiger partial charge is 0.490 e. The van der Waals surface area contributed by atoms with E-state index in [0.29, 0.717) is 49.9 Å². The smallest absolute Gasteiger partial charge is 0.164 e. The molecule has 5 nitrogen and oxygen atoms in total. The first-order valence-corrected chi connectivity index (χ1v) is 7.01. The molecule has 0 saturated heterocycles. The Morgan fingerprint density at radius 3 is 2.24 bits per heavy atom. The van der Waals surface area contributed by atoms with Crippen molar-refractivity contribution in [1.82, 2.24) is 0 Å². The quantitative estimate of drug-likeness (QED) is 0.490. The van der Waals surface area contributed by atoms with Crippen LogP contribution in [0.3, 0.4) is 0 Å². The Hall–Kier alpha value is -1.72. The molecule has 0 aliphatic rings. The summed E-state index contributed by atoms with van der Waals surface area (Å²) < 4.78 is 16.0. The first kappa shape index (κ1) is 17.3. The molecule has 1 aromatic carbocycles. The SMILES string of the molecule is CCOCCOCCOc1cccc(C(C)=O)c1C(C)=O. The van der Waals surface area contributed by atoms with E-state index in [-0.39, 0.29) is 11.6 Å². The molecule has 0 aliphatic heterocycles. The van der Waals surface area contributed by atoms with Crippen LogP contribution in [-0.4, -0.2) is 44.6 Å². The van der Waals surface area contributed by atoms with Crippen molar-refractivity contribution in [2.45, 2.75) is 20.8 Å². The number of hydrogen-bond acceptors (Lipinski definition) is 5. The molecule has 21 heavy (non-hydrogen) atoms. The Kier molecular flexibility index (Phi) is 7.64. The van der Waals surface area contributed by atoms with E-state index < -0.39 is 0 Å². The van der Waals surface area contributed by atoms with Gasteiger partial charge in [-0.15, -0.1) is 0 Å². The van der Waals surface area contributed by atoms with Crippen molar-refractivity contribution in [2.24, 2.45) is 0 Å². The summed E-state index contributed by atoms with van der Waals surface area (Å²) in [5.74, 6) is 0.0790. The van der Waals surface area contributed by atoms with Gasteiger partial charge in [-0.2, -0.15) is 0 Å². The van der Waals surface area contributed by atoms with Gasteiger partial charge >= 0.3 is 0 Å². The fourth-order valence-corrected chi connectivity index (χ4v) is 1.88. The van der Waals surface area contributed by atoms with E-state index in [1.807, 2.05) is 6.92 Å². The number of ether oxygens (including phenoxy) is 3. The maximum absolute atomic E-state index is 11.7. The maximum Gasteiger partial charge on any atom is 0.164 e. The Labute approximate surface area is 125 Å². The minimum absolute atomic E-state index is 0.154. The average molecular weight is 294 g/mol. The van der Waals surface area contributed by atoms with Crippen molar-refractivity contribution in [1.29, 1.82) is 0 Å². The highest BCUT2D eigenvalue weighted by atomic mass is 16.5. The Morgan fingerprint density at radius 1 is 0.952 bits per heavy atom. The lowest BCUT2D eigenvalue weighted by molar-refractivity contribution is 0.0403. The number of carbonyl (C=O) groups excluding carboxylic acids is 2. The Balaban J connectivity index is 2.57. The van der Waals surface area contributed by atoms with E-state index in [1.54, 1.807) is 18.2 Å². The summed E-state index contributed by atoms with van der Waals surface area (Å²) in [5.41, 5.74) is 0.719. The molecule has 0 fully saturated rings. The van der Waals surface area contributed by atoms with Gasteiger partial charge in [0.25, 0.3) is 0 Å². The van der Waals surface area contributed by atoms with Crippen LogP contribution in [-0.2, 0) is 9.47 Å². The van der Waals surface area contributed by atoms with Crippen LogP contribution in [0.15, 0.2) is 18.2 Å². The van der Waals surface area contributed by atoms with Gasteiger partial charge in [-0.25, -0.2) is 0 Å². The minimum atomic E-state index is -0.187. The van der Waals surface area contributed by atoms with Crippen molar-refractivity contribution in [3.05, 3.63) is 29.3 Å². The molecule has 0 heterocycles. The Morgan fingerprint density at radius 2 is 1.62 bits per heavy atom. The van der Waals surface area contributed by atoms with Gasteiger partial charge in [0.05, 0.1) is 25.4 Å². The summed E-state index contributed by atoms with van der Waals surface area (Å²) in [5, 5.41) is 0. The van der Waals surface area contributed by atoms with Gasteiger partial charge in [-0.05, 0) is 26.8 Å². The molecule has 0 N–H and O–H groups in total. The van der Waals surface area contributed by atoms with Gasteiger partial charge < -0.3 is 14.2 Å². The zero-order valence-corrected chi connectivity index (χ0v) is 12.8. The van der Waals surface area contributed by atoms with E-state index in [0.717, 1.165) is 0 Å². The topological polar surface area (TPSA) is 61.8 Å². The van der Waals surface area contributed by atoms with Crippen molar-refractivity contribution in [3.63, 3.8) is 0 Å². The second kappa shape index (κ2) is 9.26. The number of rotatable bonds is 10. The van der Waals surface area contributed by atoms with Crippen LogP contribution < -0.4 is 4.74 Å². The third kappa shape index (κ3) is 5.65. The van der Waals surface area contributed by atoms with Crippen molar-refractivity contribution in [3.8, 4) is 5.75 Å². The fourth-order valence-electron chi connectivity index (χ4n) is 1.88. The maximum atomic E-state index is 11.7. The third-order valence-corrected chi connectivity index (χ3v) is 2.82. The molecule has 0 aliphatic carbocycles. The summed E-state index contributed by atoms with van der Waals surface area (Å²) in [6.45, 7) is 7.21. The van der Waals surface area contributed by atoms with E-state index in [1.165, 1.54) is 13.8 Å². The van der Waals surface area contributed by atoms with Gasteiger partial charge in [0.2, 0.25) is 0 Å². The number of benzene rings is 1. The van der Waals surface area contributed by atoms with E-state index in [2.05, 4.69) is 0 Å². The Bertz CT molecular complexity index is 482. The molecule has 1 rings (SSSR count). The van der Waals surface area contributed by atoms with Crippen LogP contribution in [0.25, 0.3) is 0 Å². The molecular formula is C16H22O5. The van der Waals surface area contributed by atoms with Gasteiger partial charge in [0, 0.05) is 12.2 Å². The molecule has 116 valence electrons. The van der Waals surface area contributed by atoms with Crippen LogP contribution >= 0.6 is 0 Å². The highest BCUT2D eigenvalue weighted by molar-refractivity contribution is 6.08. The number of carbonyl (C=O) groups is 2. The standard InChI is InChI=1S/C16H22O5/c1-4-19-8-9-20-10-11-21-15-7-5-6-14(12(2)17)16(15)13(3)18/h5-7H,4,8-11H2,1-3H3. The van der Waals surface area contributed by atoms with E-state index in [9.17, 15) is 9.59 Å². The minimum Gasteiger partial charge on any atom is -0.490 e. The summed E-state index contributed by atoms with van der Waals surface area (Å²) in [4.78, 5) is 23.3. The first-order valence-electron chi connectivity index (χ1n) is 7.01. The van der Waals surface area contributed by atoms with Gasteiger partial charge in [-0.3, -0.25) is 9.59 Å². The molecule has 0 saturated carbocycles. The number of hydrogen-bond donors (Lipinski definition) is 0. The highest BCUT2D eigenvalue weighted by Gasteiger charge is 2.16. The van der Waals surface area contributed by atoms with Crippen LogP contribution in [0.1, 0.15) is 41.5 Å². The van der Waals surface area contributed by atoms with Gasteiger partial charge in [0.15, 0.2) is 11.6 Å². The van der Waals surface area contributed by atoms with Gasteiger partial charge in [-0.1, -0.05) is 12.1 Å². The zero-order chi connectivity index (χ0) is 15.7. The summed E-state index contributed by atoms with van der Waals surface area (Å²) in [6.07, 6.45) is 0. The molecule has 0 unspecified atom stereocenters. The summed E-state index contributed by atoms with van der Waals surface area (Å²) in [7, 11) is 0. The normalized spacial score (nSPS) is 10.4. The summed E-state index contributed by atoms with van der Waals surface area (Å²) in [6, 6.07) is 5.02. The molecular weight excluding hydrogens is 272 g/mol. The van der Waals surface area contributed by atoms with E-state index >= 15 is 0 Å². The van der Waals surface area contributed by atoms with Crippen LogP contribution in [0.5, 0.6) is 5.75 Å². The zero-order valence-electron chi connectivity index (χ0n) is 12.8. The third-order valence-electron chi connectivity index (χ3n) is 2.82. The van der Waals surface area contributed by atoms with Crippen LogP contribution in [0.2, 0.25) is 0 Å². The summed E-state index contributed by atoms with van der Waals surface area (Å²) >= 11 is 0. The average Bonchev–Trinajstić information content (AvgIpc) is 2.45. The van der Waals surface area contributed by atoms with Crippen LogP contribution in [0, 0.1) is 0 Å². The monoisotopic (exact) mass is 294 g/mol. The molecule has 0 aromatic heterocycles. The van der Waals surface area contributed by atoms with Gasteiger partial charge in [0.1, 0.15) is 12.4 Å². The molecule has 0 atom stereocenters. The predicted octanol–water partition coefficient (Wildman–Crippen LogP) is 2.52. The second-order valence-corrected chi connectivity index (χ2v) is 4.45.